The predicted molar refractivity (Wildman–Crippen MR) is 139 cm³/mol. The number of carboxylic acids is 1. The van der Waals surface area contributed by atoms with E-state index in [1.165, 1.54) is 12.2 Å². The molecule has 6 amide bonds. The van der Waals surface area contributed by atoms with Gasteiger partial charge in [0.25, 0.3) is 17.7 Å². The van der Waals surface area contributed by atoms with Crippen molar-refractivity contribution >= 4 is 41.4 Å². The lowest BCUT2D eigenvalue weighted by Gasteiger charge is -2.26. The van der Waals surface area contributed by atoms with Crippen molar-refractivity contribution < 1.29 is 43.4 Å². The molecule has 5 N–H and O–H groups in total. The highest BCUT2D eigenvalue weighted by molar-refractivity contribution is 6.12. The fourth-order valence-corrected chi connectivity index (χ4v) is 3.73. The van der Waals surface area contributed by atoms with Crippen molar-refractivity contribution in [1.82, 2.24) is 20.4 Å². The molecular formula is C26H33N5O9. The predicted octanol–water partition coefficient (Wildman–Crippen LogP) is -1.31. The molecular weight excluding hydrogens is 526 g/mol. The molecule has 14 nitrogen and oxygen atoms in total. The molecule has 1 atom stereocenters. The third kappa shape index (κ3) is 10.7. The molecule has 216 valence electrons. The largest absolute Gasteiger partial charge is 0.480 e. The van der Waals surface area contributed by atoms with Crippen molar-refractivity contribution in [3.05, 3.63) is 48.0 Å². The van der Waals surface area contributed by atoms with Crippen LogP contribution in [0.4, 0.5) is 0 Å². The molecule has 1 aromatic rings. The van der Waals surface area contributed by atoms with Gasteiger partial charge in [0.05, 0.1) is 13.1 Å². The number of ether oxygens (including phenoxy) is 1. The van der Waals surface area contributed by atoms with Crippen LogP contribution in [0, 0.1) is 0 Å². The summed E-state index contributed by atoms with van der Waals surface area (Å²) in [5.41, 5.74) is 6.07. The van der Waals surface area contributed by atoms with Gasteiger partial charge in [-0.05, 0) is 18.4 Å². The van der Waals surface area contributed by atoms with Gasteiger partial charge in [-0.15, -0.1) is 0 Å². The van der Waals surface area contributed by atoms with Gasteiger partial charge in [0.1, 0.15) is 19.4 Å². The van der Waals surface area contributed by atoms with Crippen molar-refractivity contribution in [2.24, 2.45) is 5.73 Å². The third-order valence-corrected chi connectivity index (χ3v) is 5.74. The Labute approximate surface area is 230 Å². The van der Waals surface area contributed by atoms with E-state index in [1.54, 1.807) is 30.3 Å². The minimum Gasteiger partial charge on any atom is -0.480 e. The number of amides is 6. The van der Waals surface area contributed by atoms with E-state index in [2.05, 4.69) is 10.6 Å². The van der Waals surface area contributed by atoms with E-state index in [0.29, 0.717) is 29.7 Å². The molecule has 0 spiro atoms. The first-order valence-corrected chi connectivity index (χ1v) is 12.6. The summed E-state index contributed by atoms with van der Waals surface area (Å²) in [5.74, 6) is -4.79. The second kappa shape index (κ2) is 16.5. The number of carboxylic acid groups (broad SMARTS) is 1. The van der Waals surface area contributed by atoms with Gasteiger partial charge in [-0.2, -0.15) is 0 Å². The zero-order valence-corrected chi connectivity index (χ0v) is 21.9. The van der Waals surface area contributed by atoms with E-state index in [9.17, 15) is 33.6 Å². The van der Waals surface area contributed by atoms with Crippen LogP contribution in [-0.4, -0.2) is 95.3 Å². The molecule has 1 aliphatic heterocycles. The molecule has 0 aliphatic carbocycles. The van der Waals surface area contributed by atoms with Crippen LogP contribution in [0.25, 0.3) is 0 Å². The van der Waals surface area contributed by atoms with Crippen LogP contribution in [0.3, 0.4) is 0 Å². The number of imide groups is 2. The van der Waals surface area contributed by atoms with Gasteiger partial charge >= 0.3 is 5.97 Å². The maximum atomic E-state index is 13.2. The van der Waals surface area contributed by atoms with Crippen LogP contribution in [0.5, 0.6) is 0 Å². The van der Waals surface area contributed by atoms with Gasteiger partial charge in [-0.1, -0.05) is 36.8 Å². The summed E-state index contributed by atoms with van der Waals surface area (Å²) in [6.07, 6.45) is 4.12. The Morgan fingerprint density at radius 2 is 1.65 bits per heavy atom. The number of nitrogens with zero attached hydrogens (tertiary/aromatic N) is 2. The summed E-state index contributed by atoms with van der Waals surface area (Å²) in [7, 11) is 0. The lowest BCUT2D eigenvalue weighted by Crippen LogP contribution is -2.54. The average molecular weight is 560 g/mol. The molecule has 1 aliphatic rings. The zero-order chi connectivity index (χ0) is 29.5. The van der Waals surface area contributed by atoms with E-state index < -0.39 is 62.1 Å². The monoisotopic (exact) mass is 559 g/mol. The van der Waals surface area contributed by atoms with Gasteiger partial charge in [0.2, 0.25) is 17.7 Å². The Hall–Kier alpha value is -4.43. The number of aliphatic carboxylic acids is 1. The lowest BCUT2D eigenvalue weighted by molar-refractivity contribution is -0.157. The van der Waals surface area contributed by atoms with Crippen molar-refractivity contribution in [3.8, 4) is 0 Å². The Balaban J connectivity index is 1.88. The summed E-state index contributed by atoms with van der Waals surface area (Å²) in [4.78, 5) is 85.8. The van der Waals surface area contributed by atoms with Crippen LogP contribution in [-0.2, 0) is 44.7 Å². The van der Waals surface area contributed by atoms with Gasteiger partial charge in [0, 0.05) is 31.5 Å². The van der Waals surface area contributed by atoms with E-state index in [0.717, 1.165) is 4.90 Å². The van der Waals surface area contributed by atoms with E-state index >= 15 is 0 Å². The minimum atomic E-state index is -1.30. The summed E-state index contributed by atoms with van der Waals surface area (Å²) < 4.78 is 4.90. The second-order valence-electron chi connectivity index (χ2n) is 8.79. The van der Waals surface area contributed by atoms with Crippen molar-refractivity contribution in [3.63, 3.8) is 0 Å². The van der Waals surface area contributed by atoms with E-state index in [1.807, 2.05) is 0 Å². The lowest BCUT2D eigenvalue weighted by atomic mass is 10.0. The third-order valence-electron chi connectivity index (χ3n) is 5.74. The Morgan fingerprint density at radius 3 is 2.27 bits per heavy atom. The van der Waals surface area contributed by atoms with Crippen LogP contribution >= 0.6 is 0 Å². The first-order valence-electron chi connectivity index (χ1n) is 12.6. The number of hydrogen-bond donors (Lipinski definition) is 4. The molecule has 0 saturated heterocycles. The van der Waals surface area contributed by atoms with E-state index in [-0.39, 0.29) is 31.2 Å². The van der Waals surface area contributed by atoms with Crippen LogP contribution in [0.15, 0.2) is 42.5 Å². The van der Waals surface area contributed by atoms with Crippen LogP contribution in [0.1, 0.15) is 31.2 Å². The number of carbonyl (C=O) groups excluding carboxylic acids is 6. The van der Waals surface area contributed by atoms with Gasteiger partial charge < -0.3 is 26.2 Å². The molecule has 2 rings (SSSR count). The summed E-state index contributed by atoms with van der Waals surface area (Å²) >= 11 is 0. The first kappa shape index (κ1) is 31.8. The van der Waals surface area contributed by atoms with Crippen molar-refractivity contribution in [2.75, 3.05) is 33.0 Å². The second-order valence-corrected chi connectivity index (χ2v) is 8.79. The average Bonchev–Trinajstić information content (AvgIpc) is 3.25. The number of unbranched alkanes of at least 4 members (excludes halogenated alkanes) is 2. The molecule has 0 radical (unpaired) electrons. The maximum absolute atomic E-state index is 13.2. The molecule has 0 unspecified atom stereocenters. The minimum absolute atomic E-state index is 0.00415. The molecule has 14 heteroatoms. The standard InChI is InChI=1S/C26H33N5O9/c27-14-24(36)31(17-40-16-25(37)38)26(39)19(13-18-7-3-1-4-8-18)29-21(33)15-28-20(32)9-5-2-6-12-30-22(34)10-11-23(30)35/h1,3-4,7-8,10-11,19H,2,5-6,9,12-17,27H2,(H,28,32)(H,29,33)(H,37,38)/t19-/m0/s1. The van der Waals surface area contributed by atoms with Gasteiger partial charge in [-0.25, -0.2) is 4.79 Å². The molecule has 40 heavy (non-hydrogen) atoms. The van der Waals surface area contributed by atoms with Crippen LogP contribution < -0.4 is 16.4 Å². The first-order chi connectivity index (χ1) is 19.1. The van der Waals surface area contributed by atoms with Crippen LogP contribution in [0.2, 0.25) is 0 Å². The molecule has 0 bridgehead atoms. The zero-order valence-electron chi connectivity index (χ0n) is 21.9. The number of nitrogens with one attached hydrogen (secondary N) is 2. The number of carbonyl (C=O) groups is 7. The number of rotatable bonds is 17. The fourth-order valence-electron chi connectivity index (χ4n) is 3.73. The topological polar surface area (TPSA) is 206 Å². The highest BCUT2D eigenvalue weighted by Gasteiger charge is 2.30. The van der Waals surface area contributed by atoms with Crippen molar-refractivity contribution in [2.45, 2.75) is 38.1 Å². The highest BCUT2D eigenvalue weighted by Crippen LogP contribution is 2.09. The normalized spacial score (nSPS) is 13.2. The van der Waals surface area contributed by atoms with Crippen molar-refractivity contribution in [1.29, 1.82) is 0 Å². The number of nitrogens with two attached hydrogens (primary N) is 1. The van der Waals surface area contributed by atoms with E-state index in [4.69, 9.17) is 15.6 Å². The highest BCUT2D eigenvalue weighted by atomic mass is 16.5. The SMILES string of the molecule is NCC(=O)N(COCC(=O)O)C(=O)[C@H](Cc1ccccc1)NC(=O)CNC(=O)CCCCCN1C(=O)C=CC1=O. The molecule has 0 aromatic heterocycles. The number of hydrogen-bond acceptors (Lipinski definition) is 9. The quantitative estimate of drug-likeness (QED) is 0.101. The molecule has 0 saturated carbocycles. The summed E-state index contributed by atoms with van der Waals surface area (Å²) in [6, 6.07) is 7.43. The molecule has 1 heterocycles. The maximum Gasteiger partial charge on any atom is 0.329 e. The molecule has 1 aromatic carbocycles. The Morgan fingerprint density at radius 1 is 0.975 bits per heavy atom. The Kier molecular flexibility index (Phi) is 13.1. The number of benzene rings is 1. The fraction of sp³-hybridized carbons (Fsp3) is 0.423. The smallest absolute Gasteiger partial charge is 0.329 e. The Bertz CT molecular complexity index is 1100. The molecule has 0 fully saturated rings. The van der Waals surface area contributed by atoms with Gasteiger partial charge in [-0.3, -0.25) is 38.6 Å². The summed E-state index contributed by atoms with van der Waals surface area (Å²) in [5, 5.41) is 13.7. The summed E-state index contributed by atoms with van der Waals surface area (Å²) in [6.45, 7) is -2.15. The van der Waals surface area contributed by atoms with Gasteiger partial charge in [0.15, 0.2) is 0 Å².